The van der Waals surface area contributed by atoms with Crippen LogP contribution in [0.15, 0.2) is 48.7 Å². The van der Waals surface area contributed by atoms with Crippen LogP contribution >= 0.6 is 0 Å². The number of aryl methyl sites for hydroxylation is 1. The van der Waals surface area contributed by atoms with Crippen LogP contribution in [0.25, 0.3) is 16.7 Å². The van der Waals surface area contributed by atoms with Crippen LogP contribution in [0.3, 0.4) is 0 Å². The molecule has 1 amide bonds. The molecule has 4 aromatic rings. The number of rotatable bonds is 4. The highest BCUT2D eigenvalue weighted by atomic mass is 16.1. The van der Waals surface area contributed by atoms with Crippen LogP contribution in [0, 0.1) is 5.92 Å². The standard InChI is InChI=1S/C21H23N7O/c1-26-17-9-3-2-8-16(17)23-19(26)13-22-20(29)15-7-6-11-27(14-15)21-25-24-18-10-4-5-12-28(18)21/h2-5,8-10,12,15H,6-7,11,13-14H2,1H3,(H,22,29)/t15-/m0/s1. The number of pyridine rings is 1. The average molecular weight is 389 g/mol. The monoisotopic (exact) mass is 389 g/mol. The molecule has 4 heterocycles. The molecule has 0 saturated carbocycles. The Morgan fingerprint density at radius 2 is 2.03 bits per heavy atom. The first-order valence-electron chi connectivity index (χ1n) is 9.93. The lowest BCUT2D eigenvalue weighted by atomic mass is 9.97. The van der Waals surface area contributed by atoms with E-state index < -0.39 is 0 Å². The van der Waals surface area contributed by atoms with Crippen molar-refractivity contribution >= 4 is 28.5 Å². The molecular formula is C21H23N7O. The molecule has 5 rings (SSSR count). The van der Waals surface area contributed by atoms with E-state index in [2.05, 4.69) is 25.4 Å². The Labute approximate surface area is 168 Å². The number of aromatic nitrogens is 5. The summed E-state index contributed by atoms with van der Waals surface area (Å²) in [4.78, 5) is 19.6. The summed E-state index contributed by atoms with van der Waals surface area (Å²) in [5.41, 5.74) is 2.83. The van der Waals surface area contributed by atoms with Gasteiger partial charge in [-0.25, -0.2) is 4.98 Å². The molecule has 3 aromatic heterocycles. The number of piperidine rings is 1. The molecule has 0 spiro atoms. The van der Waals surface area contributed by atoms with Gasteiger partial charge in [0.05, 0.1) is 23.5 Å². The van der Waals surface area contributed by atoms with Crippen LogP contribution in [-0.2, 0) is 18.4 Å². The van der Waals surface area contributed by atoms with Crippen molar-refractivity contribution in [3.05, 3.63) is 54.5 Å². The number of hydrogen-bond donors (Lipinski definition) is 1. The molecule has 1 N–H and O–H groups in total. The fourth-order valence-electron chi connectivity index (χ4n) is 4.08. The van der Waals surface area contributed by atoms with Crippen molar-refractivity contribution in [1.29, 1.82) is 0 Å². The van der Waals surface area contributed by atoms with Gasteiger partial charge in [0, 0.05) is 26.3 Å². The van der Waals surface area contributed by atoms with E-state index in [4.69, 9.17) is 0 Å². The lowest BCUT2D eigenvalue weighted by Gasteiger charge is -2.31. The quantitative estimate of drug-likeness (QED) is 0.578. The molecule has 1 fully saturated rings. The molecule has 1 aliphatic rings. The highest BCUT2D eigenvalue weighted by molar-refractivity contribution is 5.80. The van der Waals surface area contributed by atoms with Gasteiger partial charge in [-0.2, -0.15) is 0 Å². The first kappa shape index (κ1) is 17.7. The number of carbonyl (C=O) groups is 1. The van der Waals surface area contributed by atoms with Gasteiger partial charge in [-0.1, -0.05) is 18.2 Å². The molecule has 0 unspecified atom stereocenters. The van der Waals surface area contributed by atoms with Gasteiger partial charge in [0.1, 0.15) is 5.82 Å². The van der Waals surface area contributed by atoms with Crippen molar-refractivity contribution in [2.45, 2.75) is 19.4 Å². The van der Waals surface area contributed by atoms with E-state index in [1.165, 1.54) is 0 Å². The number of amides is 1. The van der Waals surface area contributed by atoms with Gasteiger partial charge in [-0.3, -0.25) is 9.20 Å². The summed E-state index contributed by atoms with van der Waals surface area (Å²) in [5.74, 6) is 1.65. The largest absolute Gasteiger partial charge is 0.349 e. The maximum atomic E-state index is 12.9. The van der Waals surface area contributed by atoms with E-state index in [0.717, 1.165) is 47.8 Å². The normalized spacial score (nSPS) is 17.1. The molecule has 0 bridgehead atoms. The molecule has 1 aromatic carbocycles. The minimum absolute atomic E-state index is 0.0653. The highest BCUT2D eigenvalue weighted by Crippen LogP contribution is 2.23. The van der Waals surface area contributed by atoms with Gasteiger partial charge >= 0.3 is 0 Å². The summed E-state index contributed by atoms with van der Waals surface area (Å²) < 4.78 is 4.00. The number of nitrogens with zero attached hydrogens (tertiary/aromatic N) is 6. The van der Waals surface area contributed by atoms with Crippen molar-refractivity contribution in [3.63, 3.8) is 0 Å². The molecule has 0 radical (unpaired) electrons. The second-order valence-electron chi connectivity index (χ2n) is 7.51. The van der Waals surface area contributed by atoms with E-state index in [1.54, 1.807) is 0 Å². The number of fused-ring (bicyclic) bond motifs is 2. The summed E-state index contributed by atoms with van der Waals surface area (Å²) in [6.07, 6.45) is 3.79. The zero-order chi connectivity index (χ0) is 19.8. The summed E-state index contributed by atoms with van der Waals surface area (Å²) in [5, 5.41) is 11.6. The maximum Gasteiger partial charge on any atom is 0.231 e. The van der Waals surface area contributed by atoms with Gasteiger partial charge < -0.3 is 14.8 Å². The van der Waals surface area contributed by atoms with Crippen LogP contribution in [0.1, 0.15) is 18.7 Å². The number of para-hydroxylation sites is 2. The zero-order valence-electron chi connectivity index (χ0n) is 16.3. The van der Waals surface area contributed by atoms with E-state index >= 15 is 0 Å². The smallest absolute Gasteiger partial charge is 0.231 e. The second-order valence-corrected chi connectivity index (χ2v) is 7.51. The number of carbonyl (C=O) groups excluding carboxylic acids is 1. The van der Waals surface area contributed by atoms with Crippen LogP contribution < -0.4 is 10.2 Å². The fraction of sp³-hybridized carbons (Fsp3) is 0.333. The van der Waals surface area contributed by atoms with Crippen molar-refractivity contribution in [2.24, 2.45) is 13.0 Å². The SMILES string of the molecule is Cn1c(CNC(=O)[C@H]2CCCN(c3nnc4ccccn34)C2)nc2ccccc21. The van der Waals surface area contributed by atoms with E-state index in [9.17, 15) is 4.79 Å². The lowest BCUT2D eigenvalue weighted by Crippen LogP contribution is -2.43. The molecule has 1 atom stereocenters. The molecule has 8 nitrogen and oxygen atoms in total. The van der Waals surface area contributed by atoms with Gasteiger partial charge in [-0.05, 0) is 37.1 Å². The minimum atomic E-state index is -0.0745. The number of nitrogens with one attached hydrogen (secondary N) is 1. The summed E-state index contributed by atoms with van der Waals surface area (Å²) in [6, 6.07) is 13.8. The first-order chi connectivity index (χ1) is 14.2. The third kappa shape index (κ3) is 3.20. The maximum absolute atomic E-state index is 12.9. The van der Waals surface area contributed by atoms with Crippen molar-refractivity contribution < 1.29 is 4.79 Å². The summed E-state index contributed by atoms with van der Waals surface area (Å²) >= 11 is 0. The number of hydrogen-bond acceptors (Lipinski definition) is 5. The van der Waals surface area contributed by atoms with E-state index in [1.807, 2.05) is 64.7 Å². The van der Waals surface area contributed by atoms with E-state index in [0.29, 0.717) is 13.1 Å². The molecule has 1 aliphatic heterocycles. The first-order valence-corrected chi connectivity index (χ1v) is 9.93. The third-order valence-electron chi connectivity index (χ3n) is 5.67. The Morgan fingerprint density at radius 1 is 1.17 bits per heavy atom. The summed E-state index contributed by atoms with van der Waals surface area (Å²) in [6.45, 7) is 1.95. The van der Waals surface area contributed by atoms with Crippen LogP contribution in [0.4, 0.5) is 5.95 Å². The molecule has 29 heavy (non-hydrogen) atoms. The topological polar surface area (TPSA) is 80.4 Å². The van der Waals surface area contributed by atoms with Gasteiger partial charge in [-0.15, -0.1) is 10.2 Å². The Morgan fingerprint density at radius 3 is 2.93 bits per heavy atom. The third-order valence-corrected chi connectivity index (χ3v) is 5.67. The highest BCUT2D eigenvalue weighted by Gasteiger charge is 2.28. The van der Waals surface area contributed by atoms with E-state index in [-0.39, 0.29) is 11.8 Å². The van der Waals surface area contributed by atoms with Gasteiger partial charge in [0.2, 0.25) is 11.9 Å². The number of benzene rings is 1. The average Bonchev–Trinajstić information content (AvgIpc) is 3.34. The molecule has 1 saturated heterocycles. The minimum Gasteiger partial charge on any atom is -0.349 e. The molecule has 0 aliphatic carbocycles. The van der Waals surface area contributed by atoms with Crippen molar-refractivity contribution in [3.8, 4) is 0 Å². The Bertz CT molecular complexity index is 1180. The number of imidazole rings is 1. The van der Waals surface area contributed by atoms with Crippen LogP contribution in [0.2, 0.25) is 0 Å². The van der Waals surface area contributed by atoms with Crippen molar-refractivity contribution in [1.82, 2.24) is 29.5 Å². The predicted octanol–water partition coefficient (Wildman–Crippen LogP) is 2.15. The van der Waals surface area contributed by atoms with Gasteiger partial charge in [0.25, 0.3) is 0 Å². The fourth-order valence-corrected chi connectivity index (χ4v) is 4.08. The van der Waals surface area contributed by atoms with Crippen molar-refractivity contribution in [2.75, 3.05) is 18.0 Å². The van der Waals surface area contributed by atoms with Crippen LogP contribution in [-0.4, -0.2) is 43.1 Å². The van der Waals surface area contributed by atoms with Crippen LogP contribution in [0.5, 0.6) is 0 Å². The number of anilines is 1. The summed E-state index contributed by atoms with van der Waals surface area (Å²) in [7, 11) is 1.98. The molecule has 148 valence electrons. The predicted molar refractivity (Wildman–Crippen MR) is 110 cm³/mol. The zero-order valence-corrected chi connectivity index (χ0v) is 16.3. The lowest BCUT2D eigenvalue weighted by molar-refractivity contribution is -0.125. The second kappa shape index (κ2) is 7.20. The Kier molecular flexibility index (Phi) is 4.38. The Hall–Kier alpha value is -3.42. The van der Waals surface area contributed by atoms with Gasteiger partial charge in [0.15, 0.2) is 5.65 Å². The molecule has 8 heteroatoms. The Balaban J connectivity index is 1.28. The molecular weight excluding hydrogens is 366 g/mol.